The minimum atomic E-state index is -0.171. The Morgan fingerprint density at radius 2 is 1.96 bits per heavy atom. The Hall–Kier alpha value is -1.89. The average Bonchev–Trinajstić information content (AvgIpc) is 3.14. The maximum atomic E-state index is 12.9. The number of rotatable bonds is 4. The Labute approximate surface area is 166 Å². The van der Waals surface area contributed by atoms with Gasteiger partial charge in [-0.2, -0.15) is 0 Å². The summed E-state index contributed by atoms with van der Waals surface area (Å²) in [6.07, 6.45) is 6.81. The summed E-state index contributed by atoms with van der Waals surface area (Å²) < 4.78 is 7.57. The van der Waals surface area contributed by atoms with Crippen LogP contribution in [0.15, 0.2) is 17.7 Å². The molecule has 3 fully saturated rings. The topological polar surface area (TPSA) is 69.0 Å². The van der Waals surface area contributed by atoms with Crippen molar-refractivity contribution < 1.29 is 14.4 Å². The van der Waals surface area contributed by atoms with Crippen molar-refractivity contribution in [1.82, 2.24) is 14.5 Å². The van der Waals surface area contributed by atoms with Crippen molar-refractivity contribution in [3.05, 3.63) is 18.2 Å². The van der Waals surface area contributed by atoms with Crippen LogP contribution in [0.1, 0.15) is 56.6 Å². The zero-order valence-corrected chi connectivity index (χ0v) is 17.0. The van der Waals surface area contributed by atoms with Crippen molar-refractivity contribution in [2.45, 2.75) is 51.7 Å². The Morgan fingerprint density at radius 1 is 1.25 bits per heavy atom. The zero-order chi connectivity index (χ0) is 19.5. The molecular weight excluding hydrogens is 356 g/mol. The zero-order valence-electron chi connectivity index (χ0n) is 17.0. The molecule has 4 heterocycles. The molecule has 0 N–H and O–H groups in total. The Bertz CT molecular complexity index is 783. The fourth-order valence-electron chi connectivity index (χ4n) is 5.32. The van der Waals surface area contributed by atoms with E-state index in [4.69, 9.17) is 9.57 Å². The second-order valence-corrected chi connectivity index (χ2v) is 9.57. The van der Waals surface area contributed by atoms with Crippen LogP contribution in [0.2, 0.25) is 0 Å². The molecule has 0 aromatic carbocycles. The first-order valence-electron chi connectivity index (χ1n) is 10.6. The van der Waals surface area contributed by atoms with E-state index in [0.29, 0.717) is 35.4 Å². The predicted molar refractivity (Wildman–Crippen MR) is 104 cm³/mol. The number of aromatic nitrogens is 2. The van der Waals surface area contributed by atoms with Crippen LogP contribution in [-0.4, -0.2) is 58.0 Å². The summed E-state index contributed by atoms with van der Waals surface area (Å²) >= 11 is 0. The van der Waals surface area contributed by atoms with Gasteiger partial charge in [-0.3, -0.25) is 4.79 Å². The molecule has 0 radical (unpaired) electrons. The summed E-state index contributed by atoms with van der Waals surface area (Å²) in [6, 6.07) is 0.345. The van der Waals surface area contributed by atoms with Crippen molar-refractivity contribution in [2.75, 3.05) is 26.3 Å². The smallest absolute Gasteiger partial charge is 0.274 e. The SMILES string of the molecule is C[C@@H](C1CCOCC1)n1cnc(C(=O)N2C[C@@H]3C(C4=NOC(C)(C)C4)[C@@H]3C2)c1. The predicted octanol–water partition coefficient (Wildman–Crippen LogP) is 2.74. The number of hydrogen-bond donors (Lipinski definition) is 0. The van der Waals surface area contributed by atoms with Crippen LogP contribution in [0.5, 0.6) is 0 Å². The van der Waals surface area contributed by atoms with E-state index < -0.39 is 0 Å². The number of piperidine rings is 1. The molecule has 1 unspecified atom stereocenters. The van der Waals surface area contributed by atoms with E-state index in [2.05, 4.69) is 35.5 Å². The number of amides is 1. The van der Waals surface area contributed by atoms with Gasteiger partial charge in [-0.15, -0.1) is 0 Å². The highest BCUT2D eigenvalue weighted by atomic mass is 16.7. The number of carbonyl (C=O) groups excluding carboxylic acids is 1. The fraction of sp³-hybridized carbons (Fsp3) is 0.762. The molecule has 2 saturated heterocycles. The minimum absolute atomic E-state index is 0.0637. The summed E-state index contributed by atoms with van der Waals surface area (Å²) in [7, 11) is 0. The number of nitrogens with zero attached hydrogens (tertiary/aromatic N) is 4. The van der Waals surface area contributed by atoms with Gasteiger partial charge in [-0.1, -0.05) is 5.16 Å². The van der Waals surface area contributed by atoms with Crippen LogP contribution < -0.4 is 0 Å². The molecule has 1 saturated carbocycles. The maximum Gasteiger partial charge on any atom is 0.274 e. The highest BCUT2D eigenvalue weighted by Gasteiger charge is 2.60. The highest BCUT2D eigenvalue weighted by Crippen LogP contribution is 2.54. The first kappa shape index (κ1) is 18.2. The molecule has 1 amide bonds. The lowest BCUT2D eigenvalue weighted by molar-refractivity contribution is 0.0123. The molecule has 5 rings (SSSR count). The van der Waals surface area contributed by atoms with Crippen molar-refractivity contribution >= 4 is 11.6 Å². The fourth-order valence-corrected chi connectivity index (χ4v) is 5.32. The average molecular weight is 386 g/mol. The molecule has 28 heavy (non-hydrogen) atoms. The lowest BCUT2D eigenvalue weighted by Gasteiger charge is -2.28. The van der Waals surface area contributed by atoms with E-state index in [-0.39, 0.29) is 11.5 Å². The van der Waals surface area contributed by atoms with Gasteiger partial charge in [-0.25, -0.2) is 4.98 Å². The van der Waals surface area contributed by atoms with Crippen molar-refractivity contribution in [3.8, 4) is 0 Å². The molecule has 4 atom stereocenters. The van der Waals surface area contributed by atoms with Crippen LogP contribution in [0.25, 0.3) is 0 Å². The maximum absolute atomic E-state index is 12.9. The normalized spacial score (nSPS) is 32.6. The van der Waals surface area contributed by atoms with Gasteiger partial charge < -0.3 is 19.0 Å². The third-order valence-electron chi connectivity index (χ3n) is 7.12. The summed E-state index contributed by atoms with van der Waals surface area (Å²) in [6.45, 7) is 9.67. The number of carbonyl (C=O) groups is 1. The molecule has 0 spiro atoms. The Balaban J connectivity index is 1.18. The number of imidazole rings is 1. The summed E-state index contributed by atoms with van der Waals surface area (Å²) in [5, 5.41) is 4.32. The van der Waals surface area contributed by atoms with Gasteiger partial charge in [0.2, 0.25) is 0 Å². The first-order valence-corrected chi connectivity index (χ1v) is 10.6. The van der Waals surface area contributed by atoms with Crippen molar-refractivity contribution in [2.24, 2.45) is 28.8 Å². The highest BCUT2D eigenvalue weighted by molar-refractivity contribution is 5.94. The standard InChI is InChI=1S/C21H30N4O3/c1-13(14-4-6-27-7-5-14)25-11-18(22-12-25)20(26)24-9-15-16(10-24)19(15)17-8-21(2,3)28-23-17/h11-16,19H,4-10H2,1-3H3/t13-,15-,16+,19?/m0/s1. The Morgan fingerprint density at radius 3 is 2.61 bits per heavy atom. The second-order valence-electron chi connectivity index (χ2n) is 9.57. The van der Waals surface area contributed by atoms with E-state index in [1.54, 1.807) is 0 Å². The third-order valence-corrected chi connectivity index (χ3v) is 7.12. The molecular formula is C21H30N4O3. The van der Waals surface area contributed by atoms with Crippen molar-refractivity contribution in [3.63, 3.8) is 0 Å². The lowest BCUT2D eigenvalue weighted by atomic mass is 9.93. The number of ether oxygens (including phenoxy) is 1. The van der Waals surface area contributed by atoms with Gasteiger partial charge in [0, 0.05) is 50.9 Å². The van der Waals surface area contributed by atoms with Crippen LogP contribution in [0.3, 0.4) is 0 Å². The molecule has 7 heteroatoms. The number of oxime groups is 1. The molecule has 1 aliphatic carbocycles. The van der Waals surface area contributed by atoms with Gasteiger partial charge in [0.25, 0.3) is 5.91 Å². The monoisotopic (exact) mass is 386 g/mol. The van der Waals surface area contributed by atoms with Crippen molar-refractivity contribution in [1.29, 1.82) is 0 Å². The van der Waals surface area contributed by atoms with Crippen LogP contribution >= 0.6 is 0 Å². The first-order chi connectivity index (χ1) is 13.4. The van der Waals surface area contributed by atoms with Gasteiger partial charge in [0.05, 0.1) is 12.0 Å². The lowest BCUT2D eigenvalue weighted by Crippen LogP contribution is -2.33. The van der Waals surface area contributed by atoms with E-state index in [0.717, 1.165) is 45.6 Å². The van der Waals surface area contributed by atoms with Crippen LogP contribution in [0.4, 0.5) is 0 Å². The molecule has 7 nitrogen and oxygen atoms in total. The molecule has 0 bridgehead atoms. The third kappa shape index (κ3) is 3.13. The number of likely N-dealkylation sites (tertiary alicyclic amines) is 1. The molecule has 152 valence electrons. The van der Waals surface area contributed by atoms with Gasteiger partial charge in [0.1, 0.15) is 11.3 Å². The van der Waals surface area contributed by atoms with Crippen LogP contribution in [0, 0.1) is 23.7 Å². The van der Waals surface area contributed by atoms with Gasteiger partial charge >= 0.3 is 0 Å². The Kier molecular flexibility index (Phi) is 4.27. The minimum Gasteiger partial charge on any atom is -0.389 e. The second kappa shape index (κ2) is 6.58. The van der Waals surface area contributed by atoms with Gasteiger partial charge in [-0.05, 0) is 51.4 Å². The van der Waals surface area contributed by atoms with E-state index >= 15 is 0 Å². The molecule has 3 aliphatic heterocycles. The van der Waals surface area contributed by atoms with E-state index in [1.807, 2.05) is 17.4 Å². The molecule has 1 aromatic rings. The largest absolute Gasteiger partial charge is 0.389 e. The quantitative estimate of drug-likeness (QED) is 0.798. The summed E-state index contributed by atoms with van der Waals surface area (Å²) in [5.41, 5.74) is 1.59. The number of fused-ring (bicyclic) bond motifs is 1. The summed E-state index contributed by atoms with van der Waals surface area (Å²) in [4.78, 5) is 24.9. The van der Waals surface area contributed by atoms with E-state index in [9.17, 15) is 4.79 Å². The van der Waals surface area contributed by atoms with E-state index in [1.165, 1.54) is 5.71 Å². The molecule has 1 aromatic heterocycles. The number of hydrogen-bond acceptors (Lipinski definition) is 5. The molecule has 4 aliphatic rings. The van der Waals surface area contributed by atoms with Gasteiger partial charge in [0.15, 0.2) is 0 Å². The summed E-state index contributed by atoms with van der Waals surface area (Å²) in [5.74, 6) is 2.25. The van der Waals surface area contributed by atoms with Crippen LogP contribution in [-0.2, 0) is 9.57 Å².